The minimum Gasteiger partial charge on any atom is -0.484 e. The summed E-state index contributed by atoms with van der Waals surface area (Å²) in [6.45, 7) is 1.95. The van der Waals surface area contributed by atoms with Gasteiger partial charge in [0.05, 0.1) is 0 Å². The Morgan fingerprint density at radius 3 is 2.38 bits per heavy atom. The van der Waals surface area contributed by atoms with E-state index in [4.69, 9.17) is 15.0 Å². The summed E-state index contributed by atoms with van der Waals surface area (Å²) in [5, 5.41) is 4.01. The molecule has 0 bridgehead atoms. The Hall–Kier alpha value is -3.15. The SMILES string of the molecule is CCc1ccc(-c2nc(-c3ccc(OCC(N)=O)cc3)no2)cc1. The van der Waals surface area contributed by atoms with E-state index in [9.17, 15) is 4.79 Å². The number of aryl methyl sites for hydroxylation is 1. The minimum atomic E-state index is -0.518. The molecule has 0 aliphatic heterocycles. The van der Waals surface area contributed by atoms with Crippen LogP contribution in [-0.2, 0) is 11.2 Å². The highest BCUT2D eigenvalue weighted by atomic mass is 16.5. The van der Waals surface area contributed by atoms with Gasteiger partial charge in [-0.05, 0) is 48.4 Å². The van der Waals surface area contributed by atoms with Crippen molar-refractivity contribution in [1.82, 2.24) is 10.1 Å². The van der Waals surface area contributed by atoms with Gasteiger partial charge < -0.3 is 15.0 Å². The first-order valence-electron chi connectivity index (χ1n) is 7.60. The molecule has 6 nitrogen and oxygen atoms in total. The van der Waals surface area contributed by atoms with Gasteiger partial charge in [-0.25, -0.2) is 0 Å². The van der Waals surface area contributed by atoms with Crippen molar-refractivity contribution in [3.8, 4) is 28.6 Å². The van der Waals surface area contributed by atoms with Crippen LogP contribution in [0.15, 0.2) is 53.1 Å². The third kappa shape index (κ3) is 3.60. The molecule has 1 heterocycles. The highest BCUT2D eigenvalue weighted by Gasteiger charge is 2.10. The maximum absolute atomic E-state index is 10.7. The lowest BCUT2D eigenvalue weighted by Crippen LogP contribution is -2.19. The van der Waals surface area contributed by atoms with Gasteiger partial charge in [-0.3, -0.25) is 4.79 Å². The number of ether oxygens (including phenoxy) is 1. The van der Waals surface area contributed by atoms with Crippen molar-refractivity contribution in [3.05, 3.63) is 54.1 Å². The van der Waals surface area contributed by atoms with E-state index in [1.54, 1.807) is 24.3 Å². The second-order valence-corrected chi connectivity index (χ2v) is 5.25. The number of amides is 1. The Labute approximate surface area is 139 Å². The molecular formula is C18H17N3O3. The first-order chi connectivity index (χ1) is 11.7. The lowest BCUT2D eigenvalue weighted by molar-refractivity contribution is -0.119. The largest absolute Gasteiger partial charge is 0.484 e. The first kappa shape index (κ1) is 15.7. The number of hydrogen-bond acceptors (Lipinski definition) is 5. The lowest BCUT2D eigenvalue weighted by Gasteiger charge is -2.03. The van der Waals surface area contributed by atoms with E-state index in [2.05, 4.69) is 17.1 Å². The predicted octanol–water partition coefficient (Wildman–Crippen LogP) is 2.83. The van der Waals surface area contributed by atoms with Crippen LogP contribution in [0.25, 0.3) is 22.8 Å². The van der Waals surface area contributed by atoms with Gasteiger partial charge in [0.2, 0.25) is 5.82 Å². The molecule has 3 rings (SSSR count). The summed E-state index contributed by atoms with van der Waals surface area (Å²) in [5.41, 5.74) is 7.97. The Bertz CT molecular complexity index is 823. The Balaban J connectivity index is 1.76. The van der Waals surface area contributed by atoms with Crippen LogP contribution >= 0.6 is 0 Å². The molecule has 0 saturated carbocycles. The monoisotopic (exact) mass is 323 g/mol. The third-order valence-corrected chi connectivity index (χ3v) is 3.53. The van der Waals surface area contributed by atoms with Crippen LogP contribution in [0.1, 0.15) is 12.5 Å². The van der Waals surface area contributed by atoms with Crippen molar-refractivity contribution in [2.24, 2.45) is 5.73 Å². The van der Waals surface area contributed by atoms with Crippen LogP contribution in [0.2, 0.25) is 0 Å². The fourth-order valence-corrected chi connectivity index (χ4v) is 2.20. The predicted molar refractivity (Wildman–Crippen MR) is 89.2 cm³/mol. The average Bonchev–Trinajstić information content (AvgIpc) is 3.10. The maximum Gasteiger partial charge on any atom is 0.258 e. The number of hydrogen-bond donors (Lipinski definition) is 1. The van der Waals surface area contributed by atoms with E-state index in [1.807, 2.05) is 24.3 Å². The zero-order valence-corrected chi connectivity index (χ0v) is 13.2. The number of aromatic nitrogens is 2. The zero-order valence-electron chi connectivity index (χ0n) is 13.2. The van der Waals surface area contributed by atoms with E-state index < -0.39 is 5.91 Å². The Kier molecular flexibility index (Phi) is 4.56. The van der Waals surface area contributed by atoms with Gasteiger partial charge >= 0.3 is 0 Å². The van der Waals surface area contributed by atoms with Crippen LogP contribution in [-0.4, -0.2) is 22.7 Å². The van der Waals surface area contributed by atoms with Gasteiger partial charge in [-0.1, -0.05) is 24.2 Å². The molecule has 0 fully saturated rings. The summed E-state index contributed by atoms with van der Waals surface area (Å²) in [5.74, 6) is 1.00. The molecule has 1 amide bonds. The summed E-state index contributed by atoms with van der Waals surface area (Å²) in [7, 11) is 0. The van der Waals surface area contributed by atoms with Crippen molar-refractivity contribution in [3.63, 3.8) is 0 Å². The summed E-state index contributed by atoms with van der Waals surface area (Å²) < 4.78 is 10.6. The van der Waals surface area contributed by atoms with Crippen LogP contribution in [0, 0.1) is 0 Å². The molecule has 0 spiro atoms. The summed E-state index contributed by atoms with van der Waals surface area (Å²) in [6, 6.07) is 15.1. The summed E-state index contributed by atoms with van der Waals surface area (Å²) in [4.78, 5) is 15.1. The molecule has 0 unspecified atom stereocenters. The van der Waals surface area contributed by atoms with Crippen molar-refractivity contribution >= 4 is 5.91 Å². The molecule has 122 valence electrons. The molecule has 0 aliphatic rings. The first-order valence-corrected chi connectivity index (χ1v) is 7.60. The van der Waals surface area contributed by atoms with Gasteiger partial charge in [0.25, 0.3) is 11.8 Å². The maximum atomic E-state index is 10.7. The molecule has 0 radical (unpaired) electrons. The van der Waals surface area contributed by atoms with E-state index >= 15 is 0 Å². The minimum absolute atomic E-state index is 0.153. The molecule has 0 atom stereocenters. The lowest BCUT2D eigenvalue weighted by atomic mass is 10.1. The van der Waals surface area contributed by atoms with E-state index in [0.29, 0.717) is 17.5 Å². The quantitative estimate of drug-likeness (QED) is 0.753. The number of nitrogens with zero attached hydrogens (tertiary/aromatic N) is 2. The van der Waals surface area contributed by atoms with Crippen molar-refractivity contribution in [2.45, 2.75) is 13.3 Å². The highest BCUT2D eigenvalue weighted by molar-refractivity contribution is 5.75. The second kappa shape index (κ2) is 6.95. The van der Waals surface area contributed by atoms with Crippen LogP contribution in [0.4, 0.5) is 0 Å². The van der Waals surface area contributed by atoms with E-state index in [0.717, 1.165) is 17.5 Å². The van der Waals surface area contributed by atoms with Crippen LogP contribution < -0.4 is 10.5 Å². The molecule has 3 aromatic rings. The zero-order chi connectivity index (χ0) is 16.9. The van der Waals surface area contributed by atoms with E-state index in [-0.39, 0.29) is 6.61 Å². The van der Waals surface area contributed by atoms with Crippen molar-refractivity contribution in [1.29, 1.82) is 0 Å². The highest BCUT2D eigenvalue weighted by Crippen LogP contribution is 2.24. The van der Waals surface area contributed by atoms with Crippen molar-refractivity contribution in [2.75, 3.05) is 6.61 Å². The normalized spacial score (nSPS) is 10.5. The molecule has 0 aliphatic carbocycles. The summed E-state index contributed by atoms with van der Waals surface area (Å²) >= 11 is 0. The van der Waals surface area contributed by atoms with E-state index in [1.165, 1.54) is 5.56 Å². The molecule has 6 heteroatoms. The molecular weight excluding hydrogens is 306 g/mol. The van der Waals surface area contributed by atoms with Crippen molar-refractivity contribution < 1.29 is 14.1 Å². The third-order valence-electron chi connectivity index (χ3n) is 3.53. The number of carbonyl (C=O) groups is 1. The molecule has 2 aromatic carbocycles. The van der Waals surface area contributed by atoms with Gasteiger partial charge in [-0.2, -0.15) is 4.98 Å². The van der Waals surface area contributed by atoms with Crippen LogP contribution in [0.3, 0.4) is 0 Å². The summed E-state index contributed by atoms with van der Waals surface area (Å²) in [6.07, 6.45) is 0.986. The number of benzene rings is 2. The topological polar surface area (TPSA) is 91.2 Å². The van der Waals surface area contributed by atoms with Gasteiger partial charge in [-0.15, -0.1) is 0 Å². The standard InChI is InChI=1S/C18H17N3O3/c1-2-12-3-5-14(6-4-12)18-20-17(21-24-18)13-7-9-15(10-8-13)23-11-16(19)22/h3-10H,2,11H2,1H3,(H2,19,22). The second-order valence-electron chi connectivity index (χ2n) is 5.25. The Morgan fingerprint density at radius 2 is 1.75 bits per heavy atom. The number of rotatable bonds is 6. The number of primary amides is 1. The van der Waals surface area contributed by atoms with Gasteiger partial charge in [0, 0.05) is 11.1 Å². The molecule has 0 saturated heterocycles. The molecule has 24 heavy (non-hydrogen) atoms. The molecule has 2 N–H and O–H groups in total. The average molecular weight is 323 g/mol. The van der Waals surface area contributed by atoms with Gasteiger partial charge in [0.15, 0.2) is 6.61 Å². The number of nitrogens with two attached hydrogens (primary N) is 1. The smallest absolute Gasteiger partial charge is 0.258 e. The van der Waals surface area contributed by atoms with Crippen LogP contribution in [0.5, 0.6) is 5.75 Å². The fourth-order valence-electron chi connectivity index (χ4n) is 2.20. The Morgan fingerprint density at radius 1 is 1.08 bits per heavy atom. The van der Waals surface area contributed by atoms with Gasteiger partial charge in [0.1, 0.15) is 5.75 Å². The molecule has 1 aromatic heterocycles. The fraction of sp³-hybridized carbons (Fsp3) is 0.167. The number of carbonyl (C=O) groups excluding carboxylic acids is 1.